The van der Waals surface area contributed by atoms with Crippen LogP contribution >= 0.6 is 15.9 Å². The summed E-state index contributed by atoms with van der Waals surface area (Å²) in [5.41, 5.74) is -0.632. The Bertz CT molecular complexity index is 853. The number of aromatic nitrogens is 2. The lowest BCUT2D eigenvalue weighted by Gasteiger charge is -2.37. The van der Waals surface area contributed by atoms with Gasteiger partial charge in [0.2, 0.25) is 0 Å². The highest BCUT2D eigenvalue weighted by molar-refractivity contribution is 9.10. The zero-order valence-electron chi connectivity index (χ0n) is 15.8. The van der Waals surface area contributed by atoms with Gasteiger partial charge in [0.15, 0.2) is 0 Å². The van der Waals surface area contributed by atoms with Crippen LogP contribution in [0.5, 0.6) is 0 Å². The van der Waals surface area contributed by atoms with Crippen molar-refractivity contribution in [3.05, 3.63) is 52.3 Å². The molecule has 0 radical (unpaired) electrons. The van der Waals surface area contributed by atoms with Gasteiger partial charge in [-0.2, -0.15) is 5.10 Å². The minimum Gasteiger partial charge on any atom is -0.444 e. The molecular formula is C19H22BrF2N3O3. The predicted molar refractivity (Wildman–Crippen MR) is 102 cm³/mol. The van der Waals surface area contributed by atoms with Gasteiger partial charge in [0.05, 0.1) is 29.4 Å². The molecule has 0 aliphatic carbocycles. The first kappa shape index (κ1) is 20.7. The number of amides is 1. The first-order valence-corrected chi connectivity index (χ1v) is 9.67. The molecule has 3 atom stereocenters. The van der Waals surface area contributed by atoms with E-state index in [0.717, 1.165) is 22.7 Å². The molecule has 9 heteroatoms. The standard InChI is InChI=1S/C19H22BrF2N3O3/c1-19(2,3)28-18(26)24-16-7-13(25-9-11(20)8-23-25)10-27-17(16)14-6-12(21)4-5-15(14)22/h4-6,8-9,13,16-17H,7,10H2,1-3H3,(H,24,26)/t13-,16+,17-/m1/s1. The molecule has 0 spiro atoms. The van der Waals surface area contributed by atoms with E-state index >= 15 is 0 Å². The van der Waals surface area contributed by atoms with Crippen molar-refractivity contribution < 1.29 is 23.0 Å². The van der Waals surface area contributed by atoms with E-state index in [1.54, 1.807) is 37.8 Å². The van der Waals surface area contributed by atoms with Crippen LogP contribution in [0.3, 0.4) is 0 Å². The van der Waals surface area contributed by atoms with Gasteiger partial charge in [-0.25, -0.2) is 13.6 Å². The second kappa shape index (κ2) is 8.16. The topological polar surface area (TPSA) is 65.4 Å². The number of halogens is 3. The SMILES string of the molecule is CC(C)(C)OC(=O)N[C@H]1C[C@@H](n2cc(Br)cn2)CO[C@@H]1c1cc(F)ccc1F. The fourth-order valence-electron chi connectivity index (χ4n) is 3.15. The average Bonchev–Trinajstić information content (AvgIpc) is 3.02. The predicted octanol–water partition coefficient (Wildman–Crippen LogP) is 4.52. The second-order valence-corrected chi connectivity index (χ2v) is 8.62. The maximum absolute atomic E-state index is 14.3. The normalized spacial score (nSPS) is 22.7. The zero-order chi connectivity index (χ0) is 20.5. The highest BCUT2D eigenvalue weighted by Gasteiger charge is 2.37. The van der Waals surface area contributed by atoms with Crippen molar-refractivity contribution in [1.29, 1.82) is 0 Å². The number of benzene rings is 1. The Balaban J connectivity index is 1.85. The van der Waals surface area contributed by atoms with Crippen LogP contribution in [0.1, 0.15) is 44.9 Å². The molecule has 28 heavy (non-hydrogen) atoms. The van der Waals surface area contributed by atoms with E-state index in [2.05, 4.69) is 26.3 Å². The number of carbonyl (C=O) groups excluding carboxylic acids is 1. The average molecular weight is 458 g/mol. The molecule has 3 rings (SSSR count). The maximum Gasteiger partial charge on any atom is 0.407 e. The van der Waals surface area contributed by atoms with E-state index in [4.69, 9.17) is 9.47 Å². The number of alkyl carbamates (subject to hydrolysis) is 1. The van der Waals surface area contributed by atoms with E-state index < -0.39 is 35.5 Å². The van der Waals surface area contributed by atoms with Gasteiger partial charge < -0.3 is 14.8 Å². The van der Waals surface area contributed by atoms with Crippen molar-refractivity contribution in [3.8, 4) is 0 Å². The number of hydrogen-bond donors (Lipinski definition) is 1. The van der Waals surface area contributed by atoms with Crippen LogP contribution in [0.2, 0.25) is 0 Å². The molecule has 1 aromatic heterocycles. The van der Waals surface area contributed by atoms with Crippen LogP contribution in [-0.4, -0.2) is 34.1 Å². The van der Waals surface area contributed by atoms with Crippen molar-refractivity contribution in [2.45, 2.75) is 51.0 Å². The van der Waals surface area contributed by atoms with E-state index in [1.807, 2.05) is 0 Å². The summed E-state index contributed by atoms with van der Waals surface area (Å²) >= 11 is 3.35. The highest BCUT2D eigenvalue weighted by Crippen LogP contribution is 2.35. The Morgan fingerprint density at radius 3 is 2.79 bits per heavy atom. The van der Waals surface area contributed by atoms with E-state index in [-0.39, 0.29) is 18.2 Å². The summed E-state index contributed by atoms with van der Waals surface area (Å²) in [6.45, 7) is 5.48. The molecule has 2 aromatic rings. The number of carbonyl (C=O) groups is 1. The number of hydrogen-bond acceptors (Lipinski definition) is 4. The van der Waals surface area contributed by atoms with Gasteiger partial charge in [-0.1, -0.05) is 0 Å². The first-order chi connectivity index (χ1) is 13.1. The second-order valence-electron chi connectivity index (χ2n) is 7.70. The Morgan fingerprint density at radius 2 is 2.14 bits per heavy atom. The molecule has 6 nitrogen and oxygen atoms in total. The van der Waals surface area contributed by atoms with Crippen LogP contribution in [-0.2, 0) is 9.47 Å². The van der Waals surface area contributed by atoms with Crippen molar-refractivity contribution in [2.24, 2.45) is 0 Å². The van der Waals surface area contributed by atoms with Gasteiger partial charge in [0.1, 0.15) is 23.3 Å². The van der Waals surface area contributed by atoms with Gasteiger partial charge in [0, 0.05) is 11.8 Å². The first-order valence-electron chi connectivity index (χ1n) is 8.88. The van der Waals surface area contributed by atoms with Gasteiger partial charge >= 0.3 is 6.09 Å². The van der Waals surface area contributed by atoms with Crippen LogP contribution in [0, 0.1) is 11.6 Å². The highest BCUT2D eigenvalue weighted by atomic mass is 79.9. The molecule has 0 bridgehead atoms. The van der Waals surface area contributed by atoms with E-state index in [9.17, 15) is 13.6 Å². The molecule has 1 aliphatic heterocycles. The number of ether oxygens (including phenoxy) is 2. The number of rotatable bonds is 3. The summed E-state index contributed by atoms with van der Waals surface area (Å²) in [6.07, 6.45) is 2.35. The van der Waals surface area contributed by atoms with Crippen molar-refractivity contribution in [1.82, 2.24) is 15.1 Å². The Hall–Kier alpha value is -2.00. The Kier molecular flexibility index (Phi) is 6.04. The fourth-order valence-corrected chi connectivity index (χ4v) is 3.45. The van der Waals surface area contributed by atoms with Crippen LogP contribution in [0.25, 0.3) is 0 Å². The molecule has 1 amide bonds. The van der Waals surface area contributed by atoms with E-state index in [1.165, 1.54) is 0 Å². The summed E-state index contributed by atoms with van der Waals surface area (Å²) in [4.78, 5) is 12.3. The third kappa shape index (κ3) is 5.08. The molecule has 1 fully saturated rings. The van der Waals surface area contributed by atoms with Gasteiger partial charge in [-0.3, -0.25) is 4.68 Å². The molecule has 1 aliphatic rings. The minimum absolute atomic E-state index is 0.0566. The van der Waals surface area contributed by atoms with Crippen molar-refractivity contribution >= 4 is 22.0 Å². The quantitative estimate of drug-likeness (QED) is 0.735. The minimum atomic E-state index is -0.849. The summed E-state index contributed by atoms with van der Waals surface area (Å²) < 4.78 is 41.8. The molecule has 0 unspecified atom stereocenters. The molecule has 1 N–H and O–H groups in total. The number of nitrogens with one attached hydrogen (secondary N) is 1. The molecule has 152 valence electrons. The maximum atomic E-state index is 14.3. The summed E-state index contributed by atoms with van der Waals surface area (Å²) in [7, 11) is 0. The smallest absolute Gasteiger partial charge is 0.407 e. The van der Waals surface area contributed by atoms with Crippen LogP contribution < -0.4 is 5.32 Å². The molecule has 2 heterocycles. The van der Waals surface area contributed by atoms with Gasteiger partial charge in [-0.15, -0.1) is 0 Å². The summed E-state index contributed by atoms with van der Waals surface area (Å²) in [6, 6.07) is 2.37. The molecular weight excluding hydrogens is 436 g/mol. The molecule has 0 saturated carbocycles. The molecule has 1 aromatic carbocycles. The zero-order valence-corrected chi connectivity index (χ0v) is 17.4. The lowest BCUT2D eigenvalue weighted by atomic mass is 9.93. The third-order valence-electron chi connectivity index (χ3n) is 4.27. The van der Waals surface area contributed by atoms with Crippen LogP contribution in [0.15, 0.2) is 35.1 Å². The summed E-state index contributed by atoms with van der Waals surface area (Å²) in [5, 5.41) is 7.00. The van der Waals surface area contributed by atoms with Crippen LogP contribution in [0.4, 0.5) is 13.6 Å². The third-order valence-corrected chi connectivity index (χ3v) is 4.68. The number of nitrogens with zero attached hydrogens (tertiary/aromatic N) is 2. The summed E-state index contributed by atoms with van der Waals surface area (Å²) in [5.74, 6) is -1.17. The molecule has 1 saturated heterocycles. The lowest BCUT2D eigenvalue weighted by molar-refractivity contribution is -0.0438. The lowest BCUT2D eigenvalue weighted by Crippen LogP contribution is -2.47. The van der Waals surface area contributed by atoms with E-state index in [0.29, 0.717) is 6.42 Å². The fraction of sp³-hybridized carbons (Fsp3) is 0.474. The van der Waals surface area contributed by atoms with Crippen molar-refractivity contribution in [3.63, 3.8) is 0 Å². The largest absolute Gasteiger partial charge is 0.444 e. The van der Waals surface area contributed by atoms with Crippen molar-refractivity contribution in [2.75, 3.05) is 6.61 Å². The van der Waals surface area contributed by atoms with Gasteiger partial charge in [0.25, 0.3) is 0 Å². The monoisotopic (exact) mass is 457 g/mol. The Morgan fingerprint density at radius 1 is 1.39 bits per heavy atom. The Labute approximate surface area is 170 Å². The van der Waals surface area contributed by atoms with Gasteiger partial charge in [-0.05, 0) is 61.3 Å².